The van der Waals surface area contributed by atoms with Crippen LogP contribution in [0.5, 0.6) is 0 Å². The van der Waals surface area contributed by atoms with E-state index in [-0.39, 0.29) is 11.7 Å². The number of hydrogen-bond acceptors (Lipinski definition) is 4. The van der Waals surface area contributed by atoms with Gasteiger partial charge in [0, 0.05) is 10.6 Å². The molecule has 2 aromatic carbocycles. The number of rotatable bonds is 3. The number of thiocarbonyl (C=S) groups is 1. The van der Waals surface area contributed by atoms with Crippen molar-refractivity contribution in [3.8, 4) is 0 Å². The van der Waals surface area contributed by atoms with Crippen molar-refractivity contribution in [2.75, 3.05) is 4.90 Å². The SMILES string of the molecule is CC(=O)c1ccc(N2C(=O)C(=Cc3ccccc3Cl)SC2=S)cc1. The lowest BCUT2D eigenvalue weighted by atomic mass is 10.1. The Kier molecular flexibility index (Phi) is 4.85. The number of halogens is 1. The first-order chi connectivity index (χ1) is 11.5. The number of nitrogens with zero attached hydrogens (tertiary/aromatic N) is 1. The van der Waals surface area contributed by atoms with E-state index in [1.54, 1.807) is 36.4 Å². The molecule has 0 bridgehead atoms. The van der Waals surface area contributed by atoms with Gasteiger partial charge >= 0.3 is 0 Å². The van der Waals surface area contributed by atoms with E-state index in [9.17, 15) is 9.59 Å². The Labute approximate surface area is 154 Å². The fourth-order valence-corrected chi connectivity index (χ4v) is 3.75. The van der Waals surface area contributed by atoms with Crippen molar-refractivity contribution < 1.29 is 9.59 Å². The first-order valence-corrected chi connectivity index (χ1v) is 8.71. The van der Waals surface area contributed by atoms with Crippen LogP contribution in [-0.4, -0.2) is 16.0 Å². The highest BCUT2D eigenvalue weighted by molar-refractivity contribution is 8.27. The topological polar surface area (TPSA) is 37.4 Å². The summed E-state index contributed by atoms with van der Waals surface area (Å²) in [6.07, 6.45) is 1.74. The molecule has 2 aromatic rings. The van der Waals surface area contributed by atoms with E-state index in [1.165, 1.54) is 23.6 Å². The number of benzene rings is 2. The second-order valence-corrected chi connectivity index (χ2v) is 7.22. The Morgan fingerprint density at radius 3 is 2.46 bits per heavy atom. The third-order valence-corrected chi connectivity index (χ3v) is 5.16. The van der Waals surface area contributed by atoms with Crippen LogP contribution in [0.15, 0.2) is 53.4 Å². The van der Waals surface area contributed by atoms with E-state index < -0.39 is 0 Å². The summed E-state index contributed by atoms with van der Waals surface area (Å²) in [5.74, 6) is -0.217. The molecule has 1 heterocycles. The normalized spacial score (nSPS) is 16.1. The Morgan fingerprint density at radius 1 is 1.17 bits per heavy atom. The third kappa shape index (κ3) is 3.29. The van der Waals surface area contributed by atoms with Gasteiger partial charge in [-0.1, -0.05) is 53.8 Å². The quantitative estimate of drug-likeness (QED) is 0.433. The Hall–Kier alpha value is -1.95. The molecule has 24 heavy (non-hydrogen) atoms. The number of ketones is 1. The summed E-state index contributed by atoms with van der Waals surface area (Å²) in [6.45, 7) is 1.50. The highest BCUT2D eigenvalue weighted by Gasteiger charge is 2.33. The Morgan fingerprint density at radius 2 is 1.83 bits per heavy atom. The van der Waals surface area contributed by atoms with Gasteiger partial charge in [0.25, 0.3) is 5.91 Å². The van der Waals surface area contributed by atoms with Gasteiger partial charge in [0.1, 0.15) is 0 Å². The summed E-state index contributed by atoms with van der Waals surface area (Å²) in [4.78, 5) is 26.0. The molecule has 0 saturated carbocycles. The van der Waals surface area contributed by atoms with Gasteiger partial charge in [-0.15, -0.1) is 0 Å². The molecular weight excluding hydrogens is 362 g/mol. The molecule has 0 radical (unpaired) electrons. The minimum atomic E-state index is -0.194. The highest BCUT2D eigenvalue weighted by atomic mass is 35.5. The van der Waals surface area contributed by atoms with Crippen molar-refractivity contribution in [1.29, 1.82) is 0 Å². The number of carbonyl (C=O) groups excluding carboxylic acids is 2. The van der Waals surface area contributed by atoms with Gasteiger partial charge in [-0.25, -0.2) is 0 Å². The molecule has 1 aliphatic rings. The maximum absolute atomic E-state index is 12.7. The van der Waals surface area contributed by atoms with Crippen LogP contribution in [0.4, 0.5) is 5.69 Å². The molecule has 0 atom stereocenters. The van der Waals surface area contributed by atoms with Gasteiger partial charge in [-0.2, -0.15) is 0 Å². The number of Topliss-reactive ketones (excluding diaryl/α,β-unsaturated/α-hetero) is 1. The van der Waals surface area contributed by atoms with Crippen molar-refractivity contribution in [2.24, 2.45) is 0 Å². The third-order valence-electron chi connectivity index (χ3n) is 3.52. The molecule has 0 N–H and O–H groups in total. The van der Waals surface area contributed by atoms with Crippen LogP contribution in [-0.2, 0) is 4.79 Å². The minimum Gasteiger partial charge on any atom is -0.295 e. The summed E-state index contributed by atoms with van der Waals surface area (Å²) in [7, 11) is 0. The minimum absolute atomic E-state index is 0.0226. The van der Waals surface area contributed by atoms with Crippen LogP contribution in [0.25, 0.3) is 6.08 Å². The molecule has 1 amide bonds. The molecule has 6 heteroatoms. The predicted octanol–water partition coefficient (Wildman–Crippen LogP) is 4.95. The molecule has 1 fully saturated rings. The van der Waals surface area contributed by atoms with Crippen molar-refractivity contribution in [2.45, 2.75) is 6.92 Å². The smallest absolute Gasteiger partial charge is 0.270 e. The Balaban J connectivity index is 1.92. The van der Waals surface area contributed by atoms with Crippen molar-refractivity contribution >= 4 is 63.4 Å². The molecule has 0 aromatic heterocycles. The second kappa shape index (κ2) is 6.89. The average molecular weight is 374 g/mol. The first-order valence-electron chi connectivity index (χ1n) is 7.11. The molecule has 3 nitrogen and oxygen atoms in total. The maximum atomic E-state index is 12.7. The zero-order valence-electron chi connectivity index (χ0n) is 12.7. The first kappa shape index (κ1) is 16.9. The number of amides is 1. The largest absolute Gasteiger partial charge is 0.295 e. The van der Waals surface area contributed by atoms with Crippen LogP contribution in [0.3, 0.4) is 0 Å². The van der Waals surface area contributed by atoms with Gasteiger partial charge in [-0.05, 0) is 48.9 Å². The van der Waals surface area contributed by atoms with Gasteiger partial charge < -0.3 is 0 Å². The van der Waals surface area contributed by atoms with E-state index in [4.69, 9.17) is 23.8 Å². The molecule has 3 rings (SSSR count). The van der Waals surface area contributed by atoms with Gasteiger partial charge in [0.15, 0.2) is 10.1 Å². The fraction of sp³-hybridized carbons (Fsp3) is 0.0556. The monoisotopic (exact) mass is 373 g/mol. The molecule has 0 spiro atoms. The van der Waals surface area contributed by atoms with Gasteiger partial charge in [0.05, 0.1) is 10.6 Å². The summed E-state index contributed by atoms with van der Waals surface area (Å²) in [5, 5.41) is 0.577. The molecule has 120 valence electrons. The van der Waals surface area contributed by atoms with E-state index >= 15 is 0 Å². The maximum Gasteiger partial charge on any atom is 0.270 e. The number of anilines is 1. The van der Waals surface area contributed by atoms with Crippen LogP contribution in [0.1, 0.15) is 22.8 Å². The average Bonchev–Trinajstić information content (AvgIpc) is 2.84. The lowest BCUT2D eigenvalue weighted by Crippen LogP contribution is -2.27. The van der Waals surface area contributed by atoms with Crippen LogP contribution in [0.2, 0.25) is 5.02 Å². The number of carbonyl (C=O) groups is 2. The van der Waals surface area contributed by atoms with Gasteiger partial charge in [-0.3, -0.25) is 14.5 Å². The predicted molar refractivity (Wildman–Crippen MR) is 104 cm³/mol. The van der Waals surface area contributed by atoms with Crippen molar-refractivity contribution in [3.05, 3.63) is 69.6 Å². The molecule has 1 saturated heterocycles. The standard InChI is InChI=1S/C18H12ClNO2S2/c1-11(21)12-6-8-14(9-7-12)20-17(22)16(24-18(20)23)10-13-4-2-3-5-15(13)19/h2-10H,1H3. The van der Waals surface area contributed by atoms with Crippen molar-refractivity contribution in [3.63, 3.8) is 0 Å². The Bertz CT molecular complexity index is 875. The fourth-order valence-electron chi connectivity index (χ4n) is 2.27. The number of thioether (sulfide) groups is 1. The molecular formula is C18H12ClNO2S2. The molecule has 1 aliphatic heterocycles. The molecule has 0 aliphatic carbocycles. The van der Waals surface area contributed by atoms with E-state index in [2.05, 4.69) is 0 Å². The molecule has 0 unspecified atom stereocenters. The second-order valence-electron chi connectivity index (χ2n) is 5.14. The lowest BCUT2D eigenvalue weighted by molar-refractivity contribution is -0.113. The highest BCUT2D eigenvalue weighted by Crippen LogP contribution is 2.36. The van der Waals surface area contributed by atoms with E-state index in [0.29, 0.717) is 25.5 Å². The summed E-state index contributed by atoms with van der Waals surface area (Å²) < 4.78 is 0.453. The number of hydrogen-bond donors (Lipinski definition) is 0. The summed E-state index contributed by atoms with van der Waals surface area (Å²) in [5.41, 5.74) is 2.01. The van der Waals surface area contributed by atoms with Gasteiger partial charge in [0.2, 0.25) is 0 Å². The van der Waals surface area contributed by atoms with Crippen molar-refractivity contribution in [1.82, 2.24) is 0 Å². The van der Waals surface area contributed by atoms with Crippen LogP contribution in [0, 0.1) is 0 Å². The summed E-state index contributed by atoms with van der Waals surface area (Å²) >= 11 is 12.7. The zero-order chi connectivity index (χ0) is 17.3. The lowest BCUT2D eigenvalue weighted by Gasteiger charge is -2.14. The van der Waals surface area contributed by atoms with Crippen LogP contribution >= 0.6 is 35.6 Å². The zero-order valence-corrected chi connectivity index (χ0v) is 15.0. The van der Waals surface area contributed by atoms with E-state index in [1.807, 2.05) is 18.2 Å². The van der Waals surface area contributed by atoms with E-state index in [0.717, 1.165) is 5.56 Å². The summed E-state index contributed by atoms with van der Waals surface area (Å²) in [6, 6.07) is 14.1. The van der Waals surface area contributed by atoms with Crippen LogP contribution < -0.4 is 4.90 Å².